The molecule has 0 aliphatic rings. The van der Waals surface area contributed by atoms with Crippen LogP contribution in [0.2, 0.25) is 0 Å². The van der Waals surface area contributed by atoms with E-state index >= 15 is 0 Å². The molecule has 1 heterocycles. The van der Waals surface area contributed by atoms with E-state index in [1.54, 1.807) is 0 Å². The lowest BCUT2D eigenvalue weighted by atomic mass is 10.1. The highest BCUT2D eigenvalue weighted by Gasteiger charge is 2.20. The summed E-state index contributed by atoms with van der Waals surface area (Å²) in [5.74, 6) is 1.35. The molecular weight excluding hydrogens is 332 g/mol. The van der Waals surface area contributed by atoms with Gasteiger partial charge in [-0.05, 0) is 32.3 Å². The molecule has 2 aromatic rings. The fraction of sp³-hybridized carbons (Fsp3) is 0.526. The van der Waals surface area contributed by atoms with Crippen LogP contribution in [0.5, 0.6) is 0 Å². The molecule has 1 aromatic heterocycles. The first-order valence-electron chi connectivity index (χ1n) is 8.87. The van der Waals surface area contributed by atoms with Gasteiger partial charge in [-0.25, -0.2) is 0 Å². The molecule has 1 N–H and O–H groups in total. The summed E-state index contributed by atoms with van der Waals surface area (Å²) in [6.07, 6.45) is 0.984. The number of aromatic nitrogens is 3. The Morgan fingerprint density at radius 1 is 1.28 bits per heavy atom. The third-order valence-corrected chi connectivity index (χ3v) is 4.86. The number of carbonyl (C=O) groups is 1. The van der Waals surface area contributed by atoms with Crippen LogP contribution >= 0.6 is 11.8 Å². The molecule has 1 amide bonds. The molecule has 1 unspecified atom stereocenters. The Balaban J connectivity index is 2.19. The number of amides is 1. The van der Waals surface area contributed by atoms with Gasteiger partial charge in [-0.3, -0.25) is 4.79 Å². The minimum absolute atomic E-state index is 0.0434. The molecule has 2 rings (SSSR count). The van der Waals surface area contributed by atoms with Crippen LogP contribution in [0.15, 0.2) is 29.4 Å². The number of nitrogens with zero attached hydrogens (tertiary/aromatic N) is 3. The van der Waals surface area contributed by atoms with Crippen molar-refractivity contribution in [1.29, 1.82) is 0 Å². The molecule has 0 spiro atoms. The van der Waals surface area contributed by atoms with Gasteiger partial charge in [0, 0.05) is 18.7 Å². The van der Waals surface area contributed by atoms with Crippen molar-refractivity contribution in [3.8, 4) is 11.4 Å². The lowest BCUT2D eigenvalue weighted by Gasteiger charge is -2.14. The molecular formula is C19H28N4OS. The number of carbonyl (C=O) groups excluding carboxylic acids is 1. The zero-order valence-corrected chi connectivity index (χ0v) is 16.6. The summed E-state index contributed by atoms with van der Waals surface area (Å²) in [6.45, 7) is 11.8. The number of hydrogen-bond acceptors (Lipinski definition) is 4. The number of rotatable bonds is 8. The quantitative estimate of drug-likeness (QED) is 0.725. The highest BCUT2D eigenvalue weighted by molar-refractivity contribution is 8.00. The topological polar surface area (TPSA) is 59.8 Å². The highest BCUT2D eigenvalue weighted by atomic mass is 32.2. The maximum Gasteiger partial charge on any atom is 0.233 e. The predicted octanol–water partition coefficient (Wildman–Crippen LogP) is 3.92. The second-order valence-corrected chi connectivity index (χ2v) is 8.03. The summed E-state index contributed by atoms with van der Waals surface area (Å²) in [7, 11) is 0. The molecule has 1 atom stereocenters. The van der Waals surface area contributed by atoms with E-state index in [0.29, 0.717) is 12.5 Å². The van der Waals surface area contributed by atoms with Crippen molar-refractivity contribution in [3.63, 3.8) is 0 Å². The van der Waals surface area contributed by atoms with Crippen molar-refractivity contribution in [3.05, 3.63) is 29.8 Å². The first kappa shape index (κ1) is 19.5. The van der Waals surface area contributed by atoms with Gasteiger partial charge < -0.3 is 9.88 Å². The summed E-state index contributed by atoms with van der Waals surface area (Å²) in [6, 6.07) is 8.27. The van der Waals surface area contributed by atoms with Gasteiger partial charge in [0.25, 0.3) is 0 Å². The molecule has 0 saturated heterocycles. The van der Waals surface area contributed by atoms with Crippen LogP contribution in [0.4, 0.5) is 0 Å². The molecule has 136 valence electrons. The van der Waals surface area contributed by atoms with Crippen LogP contribution in [0.3, 0.4) is 0 Å². The van der Waals surface area contributed by atoms with Crippen molar-refractivity contribution in [1.82, 2.24) is 20.1 Å². The van der Waals surface area contributed by atoms with Gasteiger partial charge in [0.1, 0.15) is 0 Å². The SMILES string of the molecule is CCCn1c(SC(C)C(=O)NCC(C)C)nnc1-c1cccc(C)c1. The van der Waals surface area contributed by atoms with E-state index in [4.69, 9.17) is 0 Å². The van der Waals surface area contributed by atoms with Gasteiger partial charge in [-0.1, -0.05) is 56.3 Å². The van der Waals surface area contributed by atoms with E-state index in [-0.39, 0.29) is 11.2 Å². The van der Waals surface area contributed by atoms with Crippen molar-refractivity contribution in [2.45, 2.75) is 58.0 Å². The first-order chi connectivity index (χ1) is 11.9. The Morgan fingerprint density at radius 3 is 2.68 bits per heavy atom. The van der Waals surface area contributed by atoms with Crippen molar-refractivity contribution in [2.24, 2.45) is 5.92 Å². The smallest absolute Gasteiger partial charge is 0.233 e. The fourth-order valence-corrected chi connectivity index (χ4v) is 3.36. The normalized spacial score (nSPS) is 12.4. The third-order valence-electron chi connectivity index (χ3n) is 3.78. The third kappa shape index (κ3) is 5.33. The molecule has 0 aliphatic carbocycles. The molecule has 0 fully saturated rings. The van der Waals surface area contributed by atoms with Crippen molar-refractivity contribution in [2.75, 3.05) is 6.54 Å². The number of aryl methyl sites for hydroxylation is 1. The summed E-state index contributed by atoms with van der Waals surface area (Å²) < 4.78 is 2.12. The van der Waals surface area contributed by atoms with Crippen LogP contribution in [0, 0.1) is 12.8 Å². The second-order valence-electron chi connectivity index (χ2n) is 6.73. The van der Waals surface area contributed by atoms with Crippen molar-refractivity contribution < 1.29 is 4.79 Å². The second kappa shape index (κ2) is 9.04. The average Bonchev–Trinajstić information content (AvgIpc) is 2.95. The molecule has 0 aliphatic heterocycles. The Hall–Kier alpha value is -1.82. The fourth-order valence-electron chi connectivity index (χ4n) is 2.46. The minimum Gasteiger partial charge on any atom is -0.355 e. The number of thioether (sulfide) groups is 1. The van der Waals surface area contributed by atoms with Gasteiger partial charge in [0.2, 0.25) is 5.91 Å². The maximum absolute atomic E-state index is 12.3. The first-order valence-corrected chi connectivity index (χ1v) is 9.75. The Kier molecular flexibility index (Phi) is 7.05. The van der Waals surface area contributed by atoms with Gasteiger partial charge in [0.05, 0.1) is 5.25 Å². The van der Waals surface area contributed by atoms with E-state index in [1.807, 2.05) is 13.0 Å². The summed E-state index contributed by atoms with van der Waals surface area (Å²) in [5, 5.41) is 12.3. The van der Waals surface area contributed by atoms with E-state index in [1.165, 1.54) is 17.3 Å². The van der Waals surface area contributed by atoms with Crippen LogP contribution < -0.4 is 5.32 Å². The Bertz CT molecular complexity index is 711. The standard InChI is InChI=1S/C19H28N4OS/c1-6-10-23-17(16-9-7-8-14(4)11-16)21-22-19(23)25-15(5)18(24)20-12-13(2)3/h7-9,11,13,15H,6,10,12H2,1-5H3,(H,20,24). The molecule has 0 saturated carbocycles. The minimum atomic E-state index is -0.205. The highest BCUT2D eigenvalue weighted by Crippen LogP contribution is 2.27. The van der Waals surface area contributed by atoms with Crippen LogP contribution in [0.25, 0.3) is 11.4 Å². The van der Waals surface area contributed by atoms with Gasteiger partial charge in [-0.15, -0.1) is 10.2 Å². The Morgan fingerprint density at radius 2 is 2.04 bits per heavy atom. The molecule has 6 heteroatoms. The lowest BCUT2D eigenvalue weighted by Crippen LogP contribution is -2.33. The molecule has 0 bridgehead atoms. The van der Waals surface area contributed by atoms with E-state index < -0.39 is 0 Å². The van der Waals surface area contributed by atoms with Crippen molar-refractivity contribution >= 4 is 17.7 Å². The molecule has 1 aromatic carbocycles. The number of benzene rings is 1. The van der Waals surface area contributed by atoms with E-state index in [9.17, 15) is 4.79 Å². The molecule has 25 heavy (non-hydrogen) atoms. The summed E-state index contributed by atoms with van der Waals surface area (Å²) >= 11 is 1.47. The summed E-state index contributed by atoms with van der Waals surface area (Å²) in [5.41, 5.74) is 2.25. The zero-order valence-electron chi connectivity index (χ0n) is 15.7. The van der Waals surface area contributed by atoms with E-state index in [0.717, 1.165) is 29.5 Å². The predicted molar refractivity (Wildman–Crippen MR) is 104 cm³/mol. The maximum atomic E-state index is 12.3. The lowest BCUT2D eigenvalue weighted by molar-refractivity contribution is -0.120. The van der Waals surface area contributed by atoms with Gasteiger partial charge in [0.15, 0.2) is 11.0 Å². The summed E-state index contributed by atoms with van der Waals surface area (Å²) in [4.78, 5) is 12.3. The number of nitrogens with one attached hydrogen (secondary N) is 1. The zero-order chi connectivity index (χ0) is 18.4. The molecule has 0 radical (unpaired) electrons. The Labute approximate surface area is 154 Å². The van der Waals surface area contributed by atoms with E-state index in [2.05, 4.69) is 66.0 Å². The monoisotopic (exact) mass is 360 g/mol. The van der Waals surface area contributed by atoms with Gasteiger partial charge in [-0.2, -0.15) is 0 Å². The van der Waals surface area contributed by atoms with Crippen LogP contribution in [-0.4, -0.2) is 32.5 Å². The average molecular weight is 361 g/mol. The molecule has 5 nitrogen and oxygen atoms in total. The number of hydrogen-bond donors (Lipinski definition) is 1. The van der Waals surface area contributed by atoms with Gasteiger partial charge >= 0.3 is 0 Å². The van der Waals surface area contributed by atoms with Crippen LogP contribution in [0.1, 0.15) is 39.7 Å². The van der Waals surface area contributed by atoms with Crippen LogP contribution in [-0.2, 0) is 11.3 Å². The largest absolute Gasteiger partial charge is 0.355 e.